The Bertz CT molecular complexity index is 124. The average Bonchev–Trinajstić information content (AvgIpc) is 2.43. The number of alkyl halides is 4. The predicted octanol–water partition coefficient (Wildman–Crippen LogP) is 2.72. The van der Waals surface area contributed by atoms with Crippen LogP contribution in [0.5, 0.6) is 0 Å². The van der Waals surface area contributed by atoms with E-state index in [9.17, 15) is 0 Å². The summed E-state index contributed by atoms with van der Waals surface area (Å²) in [5, 5.41) is 0. The third kappa shape index (κ3) is 1.39. The first-order valence-corrected chi connectivity index (χ1v) is 9.06. The normalized spacial score (nSPS) is 52.7. The van der Waals surface area contributed by atoms with Crippen LogP contribution in [0.15, 0.2) is 0 Å². The molecule has 2 heterocycles. The van der Waals surface area contributed by atoms with E-state index in [1.807, 2.05) is 0 Å². The first kappa shape index (κ1) is 7.13. The second-order valence-electron chi connectivity index (χ2n) is 3.13. The minimum atomic E-state index is -0.205. The fourth-order valence-electron chi connectivity index (χ4n) is 1.62. The number of halogens is 2. The summed E-state index contributed by atoms with van der Waals surface area (Å²) < 4.78 is 5.77. The van der Waals surface area contributed by atoms with Gasteiger partial charge in [0.2, 0.25) is 0 Å². The van der Waals surface area contributed by atoms with Crippen LogP contribution in [0.3, 0.4) is 0 Å². The van der Waals surface area contributed by atoms with Crippen molar-refractivity contribution in [1.82, 2.24) is 0 Å². The Balaban J connectivity index is 1.99. The monoisotopic (exact) mass is 350 g/mol. The molecule has 2 rings (SSSR count). The molecule has 0 amide bonds. The summed E-state index contributed by atoms with van der Waals surface area (Å²) in [5.74, 6) is 1.12. The van der Waals surface area contributed by atoms with Crippen LogP contribution >= 0.6 is 42.4 Å². The SMILES string of the molecule is C[C@H]1CC(I)CI2CC12. The van der Waals surface area contributed by atoms with Gasteiger partial charge in [0.05, 0.1) is 0 Å². The van der Waals surface area contributed by atoms with Gasteiger partial charge in [-0.25, -0.2) is 0 Å². The fourth-order valence-corrected chi connectivity index (χ4v) is 13.3. The summed E-state index contributed by atoms with van der Waals surface area (Å²) >= 11 is 2.45. The summed E-state index contributed by atoms with van der Waals surface area (Å²) in [6.45, 7) is 2.47. The molecule has 0 aromatic heterocycles. The number of fused-ring (bicyclic) bond motifs is 1. The van der Waals surface area contributed by atoms with Crippen molar-refractivity contribution in [3.8, 4) is 0 Å². The molecule has 2 heteroatoms. The predicted molar refractivity (Wildman–Crippen MR) is 59.1 cm³/mol. The summed E-state index contributed by atoms with van der Waals surface area (Å²) in [7, 11) is 0. The van der Waals surface area contributed by atoms with Crippen LogP contribution in [0.1, 0.15) is 13.3 Å². The molecule has 0 saturated carbocycles. The van der Waals surface area contributed by atoms with Crippen molar-refractivity contribution in [1.29, 1.82) is 0 Å². The third-order valence-corrected chi connectivity index (χ3v) is 12.0. The molecule has 0 aliphatic carbocycles. The molecule has 0 bridgehead atoms. The van der Waals surface area contributed by atoms with Gasteiger partial charge < -0.3 is 0 Å². The van der Waals surface area contributed by atoms with Crippen molar-refractivity contribution in [3.63, 3.8) is 0 Å². The summed E-state index contributed by atoms with van der Waals surface area (Å²) in [6, 6.07) is 0. The van der Waals surface area contributed by atoms with Crippen LogP contribution in [-0.4, -0.2) is 16.7 Å². The van der Waals surface area contributed by atoms with Crippen molar-refractivity contribution in [3.05, 3.63) is 0 Å². The fraction of sp³-hybridized carbons (Fsp3) is 1.00. The van der Waals surface area contributed by atoms with Gasteiger partial charge in [-0.2, -0.15) is 0 Å². The quantitative estimate of drug-likeness (QED) is 0.466. The van der Waals surface area contributed by atoms with Crippen LogP contribution in [0, 0.1) is 5.92 Å². The maximum atomic E-state index is 2.65. The Hall–Kier alpha value is 1.46. The molecule has 2 aliphatic rings. The molecule has 0 radical (unpaired) electrons. The molecular weight excluding hydrogens is 338 g/mol. The maximum absolute atomic E-state index is 2.65. The molecule has 54 valence electrons. The number of hydrogen-bond donors (Lipinski definition) is 0. The van der Waals surface area contributed by atoms with Gasteiger partial charge in [-0.15, -0.1) is 0 Å². The molecule has 2 unspecified atom stereocenters. The molecular formula is C7H12I2. The van der Waals surface area contributed by atoms with Crippen LogP contribution in [-0.2, 0) is 0 Å². The first-order chi connectivity index (χ1) is 4.27. The van der Waals surface area contributed by atoms with Crippen molar-refractivity contribution in [2.24, 2.45) is 5.92 Å². The molecule has 3 atom stereocenters. The van der Waals surface area contributed by atoms with Gasteiger partial charge in [-0.3, -0.25) is 0 Å². The van der Waals surface area contributed by atoms with E-state index >= 15 is 0 Å². The third-order valence-electron chi connectivity index (χ3n) is 2.25. The molecule has 2 aliphatic heterocycles. The first-order valence-electron chi connectivity index (χ1n) is 3.51. The zero-order valence-corrected chi connectivity index (χ0v) is 9.92. The Kier molecular flexibility index (Phi) is 1.98. The number of rotatable bonds is 0. The molecule has 0 spiro atoms. The van der Waals surface area contributed by atoms with Gasteiger partial charge in [0.15, 0.2) is 0 Å². The summed E-state index contributed by atoms with van der Waals surface area (Å²) in [5.41, 5.74) is 0. The van der Waals surface area contributed by atoms with E-state index in [-0.39, 0.29) is 19.8 Å². The Morgan fingerprint density at radius 3 is 2.89 bits per heavy atom. The van der Waals surface area contributed by atoms with Gasteiger partial charge >= 0.3 is 78.4 Å². The van der Waals surface area contributed by atoms with Crippen molar-refractivity contribution >= 4 is 42.4 Å². The van der Waals surface area contributed by atoms with E-state index in [0.29, 0.717) is 0 Å². The molecule has 2 saturated heterocycles. The molecule has 9 heavy (non-hydrogen) atoms. The van der Waals surface area contributed by atoms with Gasteiger partial charge in [-0.1, -0.05) is 0 Å². The van der Waals surface area contributed by atoms with E-state index in [2.05, 4.69) is 29.5 Å². The second-order valence-corrected chi connectivity index (χ2v) is 11.1. The molecule has 0 N–H and O–H groups in total. The van der Waals surface area contributed by atoms with Crippen molar-refractivity contribution < 1.29 is 0 Å². The van der Waals surface area contributed by atoms with E-state index < -0.39 is 0 Å². The van der Waals surface area contributed by atoms with Gasteiger partial charge in [0.1, 0.15) is 0 Å². The molecule has 2 fully saturated rings. The van der Waals surface area contributed by atoms with Crippen molar-refractivity contribution in [2.45, 2.75) is 21.2 Å². The van der Waals surface area contributed by atoms with Gasteiger partial charge in [-0.05, 0) is 0 Å². The van der Waals surface area contributed by atoms with Crippen LogP contribution in [0.2, 0.25) is 0 Å². The van der Waals surface area contributed by atoms with Crippen LogP contribution in [0.25, 0.3) is 0 Å². The topological polar surface area (TPSA) is 0 Å². The second kappa shape index (κ2) is 2.50. The minimum absolute atomic E-state index is 0.205. The van der Waals surface area contributed by atoms with Crippen molar-refractivity contribution in [2.75, 3.05) is 8.86 Å². The van der Waals surface area contributed by atoms with Gasteiger partial charge in [0.25, 0.3) is 0 Å². The Morgan fingerprint density at radius 1 is 1.44 bits per heavy atom. The van der Waals surface area contributed by atoms with Crippen LogP contribution in [0.4, 0.5) is 0 Å². The molecule has 0 aromatic carbocycles. The van der Waals surface area contributed by atoms with Crippen LogP contribution < -0.4 is 0 Å². The van der Waals surface area contributed by atoms with E-state index in [0.717, 1.165) is 9.84 Å². The van der Waals surface area contributed by atoms with E-state index in [4.69, 9.17) is 0 Å². The molecule has 0 aromatic rings. The van der Waals surface area contributed by atoms with Gasteiger partial charge in [0, 0.05) is 0 Å². The Morgan fingerprint density at radius 2 is 2.22 bits per heavy atom. The van der Waals surface area contributed by atoms with E-state index in [1.165, 1.54) is 10.3 Å². The number of hydrogen-bond acceptors (Lipinski definition) is 0. The zero-order chi connectivity index (χ0) is 6.43. The molecule has 0 nitrogen and oxygen atoms in total. The van der Waals surface area contributed by atoms with E-state index in [1.54, 1.807) is 8.86 Å². The summed E-state index contributed by atoms with van der Waals surface area (Å²) in [6.07, 6.45) is 1.53. The summed E-state index contributed by atoms with van der Waals surface area (Å²) in [4.78, 5) is 0. The zero-order valence-electron chi connectivity index (χ0n) is 5.61. The Labute approximate surface area is 77.7 Å². The standard InChI is InChI=1S/C7H12I2/c1-5-2-6(8)3-9-4-7(5)9/h5-7H,2-4H2,1H3/t5-,6?,7?/m0/s1. The average molecular weight is 350 g/mol.